The zero-order valence-corrected chi connectivity index (χ0v) is 33.1. The molecule has 0 spiro atoms. The van der Waals surface area contributed by atoms with Crippen LogP contribution in [0.15, 0.2) is 109 Å². The van der Waals surface area contributed by atoms with Gasteiger partial charge in [-0.25, -0.2) is 0 Å². The van der Waals surface area contributed by atoms with E-state index in [1.807, 2.05) is 72.5 Å². The van der Waals surface area contributed by atoms with Gasteiger partial charge in [-0.1, -0.05) is 129 Å². The lowest BCUT2D eigenvalue weighted by Crippen LogP contribution is -2.68. The summed E-state index contributed by atoms with van der Waals surface area (Å²) in [5.74, 6) is -1.98. The van der Waals surface area contributed by atoms with Gasteiger partial charge in [0, 0.05) is 16.0 Å². The Morgan fingerprint density at radius 2 is 1.48 bits per heavy atom. The minimum atomic E-state index is -2.99. The third-order valence-corrected chi connectivity index (χ3v) is 16.9. The van der Waals surface area contributed by atoms with Gasteiger partial charge in [0.1, 0.15) is 0 Å². The molecule has 0 bridgehead atoms. The Morgan fingerprint density at radius 1 is 0.885 bits per heavy atom. The topological polar surface area (TPSA) is 76.1 Å². The summed E-state index contributed by atoms with van der Waals surface area (Å²) in [5, 5.41) is 14.0. The molecule has 274 valence electrons. The molecule has 1 aliphatic heterocycles. The number of aliphatic hydroxyl groups is 1. The molecule has 6 rings (SSSR count). The van der Waals surface area contributed by atoms with Gasteiger partial charge in [0.2, 0.25) is 5.91 Å². The summed E-state index contributed by atoms with van der Waals surface area (Å²) in [6.45, 7) is 8.34. The maximum atomic E-state index is 15.5. The molecule has 0 aromatic heterocycles. The highest BCUT2D eigenvalue weighted by Crippen LogP contribution is 2.55. The predicted molar refractivity (Wildman–Crippen MR) is 211 cm³/mol. The van der Waals surface area contributed by atoms with Crippen LogP contribution in [-0.2, 0) is 18.8 Å². The average molecular weight is 759 g/mol. The minimum Gasteiger partial charge on any atom is -0.469 e. The summed E-state index contributed by atoms with van der Waals surface area (Å²) in [7, 11) is -1.69. The zero-order valence-electron chi connectivity index (χ0n) is 30.6. The number of nitrogens with zero attached hydrogens (tertiary/aromatic N) is 1. The van der Waals surface area contributed by atoms with Gasteiger partial charge < -0.3 is 19.2 Å². The maximum Gasteiger partial charge on any atom is 0.312 e. The number of amides is 1. The summed E-state index contributed by atoms with van der Waals surface area (Å²) in [5.41, 5.74) is 0.585. The van der Waals surface area contributed by atoms with Crippen LogP contribution in [0.3, 0.4) is 0 Å². The number of aliphatic hydroxyl groups excluding tert-OH is 1. The molecule has 1 heterocycles. The lowest BCUT2D eigenvalue weighted by molar-refractivity contribution is -0.172. The number of rotatable bonds is 12. The van der Waals surface area contributed by atoms with E-state index in [1.165, 1.54) is 7.11 Å². The molecule has 6 nitrogen and oxygen atoms in total. The molecule has 2 fully saturated rings. The van der Waals surface area contributed by atoms with Crippen LogP contribution in [0.25, 0.3) is 0 Å². The van der Waals surface area contributed by atoms with Gasteiger partial charge in [-0.05, 0) is 82.9 Å². The molecular formula is C43H49Cl2NO5Si. The quantitative estimate of drug-likeness (QED) is 0.117. The van der Waals surface area contributed by atoms with Crippen LogP contribution in [0.5, 0.6) is 0 Å². The van der Waals surface area contributed by atoms with Gasteiger partial charge in [0.25, 0.3) is 8.32 Å². The molecule has 4 aromatic carbocycles. The monoisotopic (exact) mass is 757 g/mol. The van der Waals surface area contributed by atoms with Crippen LogP contribution in [0, 0.1) is 17.3 Å². The van der Waals surface area contributed by atoms with Gasteiger partial charge in [-0.2, -0.15) is 0 Å². The molecule has 2 unspecified atom stereocenters. The van der Waals surface area contributed by atoms with Crippen LogP contribution in [-0.4, -0.2) is 56.6 Å². The van der Waals surface area contributed by atoms with E-state index in [9.17, 15) is 9.90 Å². The molecule has 1 saturated carbocycles. The van der Waals surface area contributed by atoms with Gasteiger partial charge in [-0.15, -0.1) is 0 Å². The minimum absolute atomic E-state index is 0.185. The normalized spacial score (nSPS) is 22.2. The highest BCUT2D eigenvalue weighted by Gasteiger charge is 2.59. The predicted octanol–water partition coefficient (Wildman–Crippen LogP) is 8.19. The Kier molecular flexibility index (Phi) is 11.4. The first kappa shape index (κ1) is 38.3. The smallest absolute Gasteiger partial charge is 0.312 e. The number of hydrogen-bond acceptors (Lipinski definition) is 5. The summed E-state index contributed by atoms with van der Waals surface area (Å²) < 4.78 is 12.8. The number of benzene rings is 4. The standard InChI is InChI=1S/C43H49Cl2NO5Si/c1-42(2,3)52(34-15-8-6-9-16-34,35-17-10-7-11-18-35)51-28-38(29-19-20-29)46-39(30-21-23-32(44)24-22-30)36(31-13-12-14-33(45)25-31)26-43(4,41(46)49)37(27-47)40(48)50-5/h6-18,21-25,29,36-39,47H,19-20,26-28H2,1-5H3/t36-,37?,38?,39-,43-/m1/s1. The molecule has 1 saturated heterocycles. The van der Waals surface area contributed by atoms with Crippen molar-refractivity contribution < 1.29 is 23.9 Å². The molecular weight excluding hydrogens is 709 g/mol. The van der Waals surface area contributed by atoms with Crippen molar-refractivity contribution in [1.82, 2.24) is 4.90 Å². The summed E-state index contributed by atoms with van der Waals surface area (Å²) in [6.07, 6.45) is 2.19. The zero-order chi connectivity index (χ0) is 37.3. The number of piperidine rings is 1. The van der Waals surface area contributed by atoms with E-state index in [0.717, 1.165) is 34.3 Å². The van der Waals surface area contributed by atoms with Crippen molar-refractivity contribution in [2.24, 2.45) is 17.3 Å². The third-order valence-electron chi connectivity index (χ3n) is 11.4. The Bertz CT molecular complexity index is 1810. The molecule has 4 aromatic rings. The Hall–Kier alpha value is -3.46. The molecule has 1 N–H and O–H groups in total. The Labute approximate surface area is 319 Å². The number of ether oxygens (including phenoxy) is 1. The van der Waals surface area contributed by atoms with E-state index in [4.69, 9.17) is 32.4 Å². The molecule has 0 radical (unpaired) electrons. The third kappa shape index (κ3) is 7.23. The Balaban J connectivity index is 1.55. The van der Waals surface area contributed by atoms with E-state index in [-0.39, 0.29) is 28.8 Å². The molecule has 5 atom stereocenters. The highest BCUT2D eigenvalue weighted by molar-refractivity contribution is 6.99. The van der Waals surface area contributed by atoms with Crippen LogP contribution in [0.1, 0.15) is 70.0 Å². The largest absolute Gasteiger partial charge is 0.469 e. The van der Waals surface area contributed by atoms with Crippen LogP contribution < -0.4 is 10.4 Å². The fraction of sp³-hybridized carbons (Fsp3) is 0.395. The SMILES string of the molecule is COC(=O)C(CO)[C@@]1(C)C[C@H](c2cccc(Cl)c2)[C@@H](c2ccc(Cl)cc2)N(C(CO[Si](c2ccccc2)(c2ccccc2)C(C)(C)C)C2CC2)C1=O. The Morgan fingerprint density at radius 3 is 1.98 bits per heavy atom. The second-order valence-corrected chi connectivity index (χ2v) is 20.8. The first-order chi connectivity index (χ1) is 24.9. The van der Waals surface area contributed by atoms with Gasteiger partial charge >= 0.3 is 5.97 Å². The molecule has 2 aliphatic rings. The van der Waals surface area contributed by atoms with E-state index >= 15 is 4.79 Å². The molecule has 9 heteroatoms. The van der Waals surface area contributed by atoms with Gasteiger partial charge in [-0.3, -0.25) is 9.59 Å². The van der Waals surface area contributed by atoms with Crippen molar-refractivity contribution in [1.29, 1.82) is 0 Å². The number of likely N-dealkylation sites (tertiary alicyclic amines) is 1. The molecule has 1 aliphatic carbocycles. The van der Waals surface area contributed by atoms with Gasteiger partial charge in [0.05, 0.1) is 43.7 Å². The van der Waals surface area contributed by atoms with Gasteiger partial charge in [0.15, 0.2) is 0 Å². The lowest BCUT2D eigenvalue weighted by atomic mass is 9.63. The summed E-state index contributed by atoms with van der Waals surface area (Å²) >= 11 is 13.1. The lowest BCUT2D eigenvalue weighted by Gasteiger charge is -2.54. The molecule has 52 heavy (non-hydrogen) atoms. The number of carbonyl (C=O) groups is 2. The second kappa shape index (κ2) is 15.5. The fourth-order valence-electron chi connectivity index (χ4n) is 8.58. The number of halogens is 2. The first-order valence-electron chi connectivity index (χ1n) is 18.1. The summed E-state index contributed by atoms with van der Waals surface area (Å²) in [6, 6.07) is 35.7. The van der Waals surface area contributed by atoms with Crippen molar-refractivity contribution >= 4 is 53.8 Å². The van der Waals surface area contributed by atoms with Crippen molar-refractivity contribution in [3.8, 4) is 0 Å². The van der Waals surface area contributed by atoms with Crippen molar-refractivity contribution in [2.75, 3.05) is 20.3 Å². The van der Waals surface area contributed by atoms with E-state index in [2.05, 4.69) is 69.3 Å². The van der Waals surface area contributed by atoms with Crippen molar-refractivity contribution in [3.05, 3.63) is 130 Å². The van der Waals surface area contributed by atoms with Crippen LogP contribution in [0.2, 0.25) is 15.1 Å². The number of esters is 1. The highest BCUT2D eigenvalue weighted by atomic mass is 35.5. The van der Waals surface area contributed by atoms with E-state index in [0.29, 0.717) is 23.1 Å². The van der Waals surface area contributed by atoms with Crippen LogP contribution in [0.4, 0.5) is 0 Å². The van der Waals surface area contributed by atoms with Crippen LogP contribution >= 0.6 is 23.2 Å². The summed E-state index contributed by atoms with van der Waals surface area (Å²) in [4.78, 5) is 30.9. The number of methoxy groups -OCH3 is 1. The van der Waals surface area contributed by atoms with Crippen molar-refractivity contribution in [3.63, 3.8) is 0 Å². The first-order valence-corrected chi connectivity index (χ1v) is 20.8. The maximum absolute atomic E-state index is 15.5. The second-order valence-electron chi connectivity index (χ2n) is 15.6. The average Bonchev–Trinajstić information content (AvgIpc) is 3.98. The van der Waals surface area contributed by atoms with Crippen molar-refractivity contribution in [2.45, 2.75) is 70.0 Å². The number of hydrogen-bond donors (Lipinski definition) is 1. The fourth-order valence-corrected chi connectivity index (χ4v) is 13.5. The van der Waals surface area contributed by atoms with E-state index < -0.39 is 38.3 Å². The number of carbonyl (C=O) groups excluding carboxylic acids is 2. The van der Waals surface area contributed by atoms with E-state index in [1.54, 1.807) is 0 Å². The molecule has 1 amide bonds.